The lowest BCUT2D eigenvalue weighted by molar-refractivity contribution is -0.143. The number of carbonyl (C=O) groups is 2. The molecule has 11 heteroatoms. The number of amides is 2. The zero-order chi connectivity index (χ0) is 28.2. The van der Waals surface area contributed by atoms with Crippen LogP contribution >= 0.6 is 0 Å². The van der Waals surface area contributed by atoms with Gasteiger partial charge < -0.3 is 19.3 Å². The number of nitrogens with zero attached hydrogens (tertiary/aromatic N) is 4. The predicted molar refractivity (Wildman–Crippen MR) is 150 cm³/mol. The summed E-state index contributed by atoms with van der Waals surface area (Å²) < 4.78 is 24.3. The van der Waals surface area contributed by atoms with Crippen molar-refractivity contribution in [1.29, 1.82) is 0 Å². The molecule has 0 bridgehead atoms. The second-order valence-corrected chi connectivity index (χ2v) is 15.3. The smallest absolute Gasteiger partial charge is 0.261 e. The van der Waals surface area contributed by atoms with Crippen LogP contribution in [0.15, 0.2) is 48.7 Å². The summed E-state index contributed by atoms with van der Waals surface area (Å²) in [4.78, 5) is 28.6. The van der Waals surface area contributed by atoms with Crippen LogP contribution in [-0.2, 0) is 39.3 Å². The molecule has 4 atom stereocenters. The Morgan fingerprint density at radius 1 is 1.20 bits per heavy atom. The molecule has 2 aromatic carbocycles. The fourth-order valence-electron chi connectivity index (χ4n) is 6.91. The zero-order valence-corrected chi connectivity index (χ0v) is 23.9. The Morgan fingerprint density at radius 3 is 2.77 bits per heavy atom. The van der Waals surface area contributed by atoms with Gasteiger partial charge in [-0.15, -0.1) is 5.10 Å². The van der Waals surface area contributed by atoms with Gasteiger partial charge in [-0.1, -0.05) is 30.3 Å². The number of anilines is 3. The van der Waals surface area contributed by atoms with E-state index in [0.717, 1.165) is 11.3 Å². The van der Waals surface area contributed by atoms with Gasteiger partial charge in [0.15, 0.2) is 5.60 Å². The number of aromatic nitrogens is 3. The maximum Gasteiger partial charge on any atom is 0.261 e. The molecule has 3 aromatic rings. The second-order valence-electron chi connectivity index (χ2n) is 11.5. The minimum Gasteiger partial charge on any atom is -0.396 e. The first-order valence-electron chi connectivity index (χ1n) is 13.9. The molecule has 3 aliphatic rings. The topological polar surface area (TPSA) is 110 Å². The highest BCUT2D eigenvalue weighted by atomic mass is 28.4. The van der Waals surface area contributed by atoms with E-state index in [-0.39, 0.29) is 18.4 Å². The number of aliphatic hydroxyl groups is 1. The van der Waals surface area contributed by atoms with Crippen molar-refractivity contribution >= 4 is 37.3 Å². The number of hydrogen-bond acceptors (Lipinski definition) is 6. The number of nitrogens with one attached hydrogen (secondary N) is 1. The molecule has 1 saturated heterocycles. The SMILES string of the molecule is C[C@@H]1[C@@H]([Si](C)(C)F)[C@H](CCn2cc(CCO)nn2)O[C@@]12C(=O)Nc1ccc(N3C(=O)CCc4ccccc43)cc12. The molecule has 0 saturated carbocycles. The van der Waals surface area contributed by atoms with Crippen molar-refractivity contribution in [1.82, 2.24) is 15.0 Å². The molecular weight excluding hydrogens is 529 g/mol. The monoisotopic (exact) mass is 563 g/mol. The molecule has 9 nitrogen and oxygen atoms in total. The number of hydrogen-bond donors (Lipinski definition) is 2. The molecule has 0 unspecified atom stereocenters. The molecule has 0 radical (unpaired) electrons. The van der Waals surface area contributed by atoms with E-state index >= 15 is 4.11 Å². The van der Waals surface area contributed by atoms with E-state index in [0.29, 0.717) is 54.9 Å². The lowest BCUT2D eigenvalue weighted by Crippen LogP contribution is -2.42. The first-order chi connectivity index (χ1) is 19.1. The van der Waals surface area contributed by atoms with Gasteiger partial charge in [-0.05, 0) is 55.8 Å². The highest BCUT2D eigenvalue weighted by molar-refractivity contribution is 6.72. The summed E-state index contributed by atoms with van der Waals surface area (Å²) in [5, 5.41) is 20.4. The Labute approximate surface area is 233 Å². The van der Waals surface area contributed by atoms with Crippen molar-refractivity contribution < 1.29 is 23.5 Å². The lowest BCUT2D eigenvalue weighted by Gasteiger charge is -2.32. The second kappa shape index (κ2) is 9.90. The van der Waals surface area contributed by atoms with Crippen LogP contribution < -0.4 is 10.2 Å². The molecule has 210 valence electrons. The third kappa shape index (κ3) is 4.27. The molecule has 1 aromatic heterocycles. The number of aryl methyl sites for hydroxylation is 2. The summed E-state index contributed by atoms with van der Waals surface area (Å²) in [6.45, 7) is 5.69. The Bertz CT molecular complexity index is 1470. The molecule has 0 aliphatic carbocycles. The summed E-state index contributed by atoms with van der Waals surface area (Å²) in [5.41, 5.74) is 2.76. The minimum atomic E-state index is -3.29. The maximum absolute atomic E-state index is 16.0. The van der Waals surface area contributed by atoms with Gasteiger partial charge in [-0.25, -0.2) is 0 Å². The van der Waals surface area contributed by atoms with Crippen molar-refractivity contribution in [3.05, 3.63) is 65.5 Å². The highest BCUT2D eigenvalue weighted by Gasteiger charge is 2.65. The van der Waals surface area contributed by atoms with Crippen LogP contribution in [0.25, 0.3) is 0 Å². The summed E-state index contributed by atoms with van der Waals surface area (Å²) >= 11 is 0. The molecule has 2 amide bonds. The van der Waals surface area contributed by atoms with E-state index in [2.05, 4.69) is 15.6 Å². The number of aliphatic hydroxyl groups excluding tert-OH is 1. The summed E-state index contributed by atoms with van der Waals surface area (Å²) in [5.74, 6) is -0.730. The summed E-state index contributed by atoms with van der Waals surface area (Å²) in [7, 11) is -3.29. The van der Waals surface area contributed by atoms with Crippen LogP contribution in [-0.4, -0.2) is 53.0 Å². The maximum atomic E-state index is 16.0. The van der Waals surface area contributed by atoms with Crippen molar-refractivity contribution in [2.75, 3.05) is 16.8 Å². The average molecular weight is 564 g/mol. The highest BCUT2D eigenvalue weighted by Crippen LogP contribution is 2.59. The number of rotatable bonds is 7. The van der Waals surface area contributed by atoms with Gasteiger partial charge in [0.25, 0.3) is 5.91 Å². The molecule has 2 N–H and O–H groups in total. The quantitative estimate of drug-likeness (QED) is 0.329. The Balaban J connectivity index is 1.36. The van der Waals surface area contributed by atoms with Crippen molar-refractivity contribution in [2.45, 2.75) is 69.5 Å². The van der Waals surface area contributed by atoms with Crippen molar-refractivity contribution in [3.63, 3.8) is 0 Å². The van der Waals surface area contributed by atoms with Gasteiger partial charge in [0.1, 0.15) is 0 Å². The zero-order valence-electron chi connectivity index (χ0n) is 22.9. The van der Waals surface area contributed by atoms with Crippen LogP contribution in [0.5, 0.6) is 0 Å². The lowest BCUT2D eigenvalue weighted by atomic mass is 9.82. The van der Waals surface area contributed by atoms with E-state index in [1.54, 1.807) is 28.9 Å². The van der Waals surface area contributed by atoms with Gasteiger partial charge in [0, 0.05) is 60.6 Å². The van der Waals surface area contributed by atoms with Gasteiger partial charge in [-0.2, -0.15) is 0 Å². The molecule has 3 aliphatic heterocycles. The number of ether oxygens (including phenoxy) is 1. The van der Waals surface area contributed by atoms with Gasteiger partial charge >= 0.3 is 0 Å². The average Bonchev–Trinajstić information content (AvgIpc) is 3.57. The molecular formula is C29H34FN5O4Si. The van der Waals surface area contributed by atoms with Gasteiger partial charge in [0.05, 0.1) is 17.5 Å². The number of benzene rings is 2. The number of para-hydroxylation sites is 1. The van der Waals surface area contributed by atoms with E-state index in [9.17, 15) is 14.7 Å². The molecule has 4 heterocycles. The van der Waals surface area contributed by atoms with Crippen LogP contribution in [0.1, 0.15) is 36.6 Å². The molecule has 6 rings (SSSR count). The van der Waals surface area contributed by atoms with E-state index in [1.807, 2.05) is 49.4 Å². The van der Waals surface area contributed by atoms with Gasteiger partial charge in [0.2, 0.25) is 14.3 Å². The van der Waals surface area contributed by atoms with Crippen LogP contribution in [0.4, 0.5) is 21.2 Å². The van der Waals surface area contributed by atoms with E-state index in [1.165, 1.54) is 0 Å². The summed E-state index contributed by atoms with van der Waals surface area (Å²) in [6, 6.07) is 13.4. The Hall–Kier alpha value is -3.41. The predicted octanol–water partition coefficient (Wildman–Crippen LogP) is 4.24. The first-order valence-corrected chi connectivity index (χ1v) is 16.8. The number of fused-ring (bicyclic) bond motifs is 3. The largest absolute Gasteiger partial charge is 0.396 e. The van der Waals surface area contributed by atoms with Crippen LogP contribution in [0.2, 0.25) is 18.6 Å². The van der Waals surface area contributed by atoms with Crippen molar-refractivity contribution in [2.24, 2.45) is 5.92 Å². The summed E-state index contributed by atoms with van der Waals surface area (Å²) in [6.07, 6.45) is 3.22. The Morgan fingerprint density at radius 2 is 2.00 bits per heavy atom. The van der Waals surface area contributed by atoms with Crippen molar-refractivity contribution in [3.8, 4) is 0 Å². The van der Waals surface area contributed by atoms with Crippen LogP contribution in [0.3, 0.4) is 0 Å². The normalized spacial score (nSPS) is 25.8. The molecule has 40 heavy (non-hydrogen) atoms. The molecule has 1 fully saturated rings. The van der Waals surface area contributed by atoms with E-state index < -0.39 is 31.6 Å². The third-order valence-electron chi connectivity index (χ3n) is 8.64. The minimum absolute atomic E-state index is 0.00757. The fraction of sp³-hybridized carbons (Fsp3) is 0.448. The number of halogens is 1. The number of carbonyl (C=O) groups excluding carboxylic acids is 2. The Kier molecular flexibility index (Phi) is 6.63. The standard InChI is InChI=1S/C29H34FN5O4Si/c1-18-27(40(2,3)30)25(12-14-34-17-20(13-15-36)32-33-34)39-29(18)22-16-21(9-10-23(22)31-28(29)38)35-24-7-5-4-6-19(24)8-11-26(35)37/h4-7,9-10,16-18,25,27,36H,8,11-15H2,1-3H3,(H,31,38)/t18-,25+,27-,29+/m1/s1. The third-order valence-corrected chi connectivity index (χ3v) is 11.1. The molecule has 1 spiro atoms. The first kappa shape index (κ1) is 26.8. The van der Waals surface area contributed by atoms with Crippen LogP contribution in [0, 0.1) is 5.92 Å². The van der Waals surface area contributed by atoms with E-state index in [4.69, 9.17) is 4.74 Å². The van der Waals surface area contributed by atoms with Gasteiger partial charge in [-0.3, -0.25) is 19.2 Å². The fourth-order valence-corrected chi connectivity index (χ4v) is 9.45.